The molecule has 1 aliphatic rings. The highest BCUT2D eigenvalue weighted by atomic mass is 32.1. The fourth-order valence-corrected chi connectivity index (χ4v) is 5.03. The second kappa shape index (κ2) is 9.13. The minimum atomic E-state index is -0.347. The Morgan fingerprint density at radius 1 is 1.06 bits per heavy atom. The number of nitro benzene ring substituents is 1. The summed E-state index contributed by atoms with van der Waals surface area (Å²) in [5, 5.41) is 16.0. The molecule has 0 spiro atoms. The standard InChI is InChI=1S/C24H23N5O3S/c1-32-19-4-2-17(3-5-19)24-26-18(16-33-24)15-27-10-12-28(13-11-27)22-6-7-23(29(30)31)21-14-25-9-8-20(21)22/h2-9,14,16H,10-13,15H2,1H3. The predicted octanol–water partition coefficient (Wildman–Crippen LogP) is 4.60. The Bertz CT molecular complexity index is 1280. The van der Waals surface area contributed by atoms with Crippen molar-refractivity contribution >= 4 is 33.5 Å². The van der Waals surface area contributed by atoms with E-state index in [0.717, 1.165) is 65.8 Å². The average Bonchev–Trinajstić information content (AvgIpc) is 3.32. The number of rotatable bonds is 6. The average molecular weight is 462 g/mol. The van der Waals surface area contributed by atoms with Crippen molar-refractivity contribution in [3.63, 3.8) is 0 Å². The predicted molar refractivity (Wildman–Crippen MR) is 130 cm³/mol. The van der Waals surface area contributed by atoms with Crippen LogP contribution in [0.5, 0.6) is 5.75 Å². The van der Waals surface area contributed by atoms with Gasteiger partial charge in [0.15, 0.2) is 0 Å². The van der Waals surface area contributed by atoms with Crippen molar-refractivity contribution in [2.45, 2.75) is 6.54 Å². The van der Waals surface area contributed by atoms with Crippen LogP contribution in [0, 0.1) is 10.1 Å². The first-order valence-electron chi connectivity index (χ1n) is 10.7. The molecule has 5 rings (SSSR count). The van der Waals surface area contributed by atoms with E-state index in [-0.39, 0.29) is 10.6 Å². The van der Waals surface area contributed by atoms with E-state index in [0.29, 0.717) is 5.39 Å². The third-order valence-corrected chi connectivity index (χ3v) is 6.90. The number of methoxy groups -OCH3 is 1. The maximum atomic E-state index is 11.4. The molecule has 0 radical (unpaired) electrons. The van der Waals surface area contributed by atoms with Crippen LogP contribution in [0.2, 0.25) is 0 Å². The topological polar surface area (TPSA) is 84.6 Å². The zero-order chi connectivity index (χ0) is 22.8. The number of anilines is 1. The highest BCUT2D eigenvalue weighted by molar-refractivity contribution is 7.13. The van der Waals surface area contributed by atoms with E-state index in [1.165, 1.54) is 0 Å². The highest BCUT2D eigenvalue weighted by Crippen LogP contribution is 2.33. The molecular formula is C24H23N5O3S. The smallest absolute Gasteiger partial charge is 0.278 e. The van der Waals surface area contributed by atoms with E-state index in [1.54, 1.807) is 36.9 Å². The molecule has 0 aliphatic carbocycles. The van der Waals surface area contributed by atoms with Gasteiger partial charge in [-0.25, -0.2) is 4.98 Å². The molecule has 1 fully saturated rings. The Labute approximate surface area is 195 Å². The first-order chi connectivity index (χ1) is 16.1. The molecule has 9 heteroatoms. The Morgan fingerprint density at radius 3 is 2.58 bits per heavy atom. The van der Waals surface area contributed by atoms with Crippen LogP contribution in [0.3, 0.4) is 0 Å². The molecule has 8 nitrogen and oxygen atoms in total. The number of aromatic nitrogens is 2. The molecule has 2 aromatic carbocycles. The molecule has 168 valence electrons. The fraction of sp³-hybridized carbons (Fsp3) is 0.250. The lowest BCUT2D eigenvalue weighted by molar-refractivity contribution is -0.383. The van der Waals surface area contributed by atoms with E-state index >= 15 is 0 Å². The number of ether oxygens (including phenoxy) is 1. The van der Waals surface area contributed by atoms with Gasteiger partial charge in [-0.15, -0.1) is 11.3 Å². The lowest BCUT2D eigenvalue weighted by Crippen LogP contribution is -2.46. The summed E-state index contributed by atoms with van der Waals surface area (Å²) in [4.78, 5) is 24.7. The molecule has 0 bridgehead atoms. The number of non-ortho nitro benzene ring substituents is 1. The zero-order valence-corrected chi connectivity index (χ0v) is 19.0. The minimum absolute atomic E-state index is 0.0942. The van der Waals surface area contributed by atoms with Crippen LogP contribution in [-0.4, -0.2) is 53.1 Å². The Hall–Kier alpha value is -3.56. The number of thiazole rings is 1. The van der Waals surface area contributed by atoms with Gasteiger partial charge in [-0.05, 0) is 36.4 Å². The number of nitro groups is 1. The maximum absolute atomic E-state index is 11.4. The van der Waals surface area contributed by atoms with E-state index in [1.807, 2.05) is 36.4 Å². The van der Waals surface area contributed by atoms with Gasteiger partial charge in [0.05, 0.1) is 23.1 Å². The van der Waals surface area contributed by atoms with Gasteiger partial charge in [0.2, 0.25) is 0 Å². The minimum Gasteiger partial charge on any atom is -0.497 e. The quantitative estimate of drug-likeness (QED) is 0.306. The van der Waals surface area contributed by atoms with E-state index in [2.05, 4.69) is 20.2 Å². The fourth-order valence-electron chi connectivity index (χ4n) is 4.22. The van der Waals surface area contributed by atoms with Crippen molar-refractivity contribution in [3.05, 3.63) is 76.0 Å². The SMILES string of the molecule is COc1ccc(-c2nc(CN3CCN(c4ccc([N+](=O)[O-])c5cnccc45)CC3)cs2)cc1. The molecule has 4 aromatic rings. The summed E-state index contributed by atoms with van der Waals surface area (Å²) in [7, 11) is 1.66. The lowest BCUT2D eigenvalue weighted by Gasteiger charge is -2.36. The Morgan fingerprint density at radius 2 is 1.85 bits per heavy atom. The summed E-state index contributed by atoms with van der Waals surface area (Å²) in [6.45, 7) is 4.32. The van der Waals surface area contributed by atoms with Gasteiger partial charge >= 0.3 is 0 Å². The van der Waals surface area contributed by atoms with Gasteiger partial charge in [-0.3, -0.25) is 20.0 Å². The monoisotopic (exact) mass is 461 g/mol. The van der Waals surface area contributed by atoms with Crippen LogP contribution in [0.1, 0.15) is 5.69 Å². The van der Waals surface area contributed by atoms with Crippen LogP contribution in [-0.2, 0) is 6.54 Å². The summed E-state index contributed by atoms with van der Waals surface area (Å²) < 4.78 is 5.23. The normalized spacial score (nSPS) is 14.5. The second-order valence-electron chi connectivity index (χ2n) is 7.92. The lowest BCUT2D eigenvalue weighted by atomic mass is 10.1. The Balaban J connectivity index is 1.25. The molecular weight excluding hydrogens is 438 g/mol. The Kier molecular flexibility index (Phi) is 5.89. The molecule has 0 atom stereocenters. The molecule has 33 heavy (non-hydrogen) atoms. The van der Waals surface area contributed by atoms with Gasteiger partial charge in [-0.1, -0.05) is 0 Å². The molecule has 1 saturated heterocycles. The largest absolute Gasteiger partial charge is 0.497 e. The molecule has 0 unspecified atom stereocenters. The molecule has 2 aromatic heterocycles. The first kappa shape index (κ1) is 21.3. The first-order valence-corrected chi connectivity index (χ1v) is 11.6. The highest BCUT2D eigenvalue weighted by Gasteiger charge is 2.22. The van der Waals surface area contributed by atoms with Crippen LogP contribution >= 0.6 is 11.3 Å². The van der Waals surface area contributed by atoms with Crippen LogP contribution < -0.4 is 9.64 Å². The number of benzene rings is 2. The summed E-state index contributed by atoms with van der Waals surface area (Å²) in [5.41, 5.74) is 3.28. The summed E-state index contributed by atoms with van der Waals surface area (Å²) in [6.07, 6.45) is 3.27. The van der Waals surface area contributed by atoms with Gasteiger partial charge in [-0.2, -0.15) is 0 Å². The van der Waals surface area contributed by atoms with Crippen molar-refractivity contribution in [1.82, 2.24) is 14.9 Å². The van der Waals surface area contributed by atoms with Gasteiger partial charge in [0, 0.05) is 73.2 Å². The van der Waals surface area contributed by atoms with Crippen LogP contribution in [0.4, 0.5) is 11.4 Å². The third kappa shape index (κ3) is 4.37. The van der Waals surface area contributed by atoms with Crippen LogP contribution in [0.15, 0.2) is 60.2 Å². The number of hydrogen-bond acceptors (Lipinski definition) is 8. The van der Waals surface area contributed by atoms with Gasteiger partial charge in [0.25, 0.3) is 5.69 Å². The maximum Gasteiger partial charge on any atom is 0.278 e. The summed E-state index contributed by atoms with van der Waals surface area (Å²) in [6, 6.07) is 13.3. The molecule has 1 aliphatic heterocycles. The van der Waals surface area contributed by atoms with E-state index in [4.69, 9.17) is 9.72 Å². The summed E-state index contributed by atoms with van der Waals surface area (Å²) in [5.74, 6) is 0.838. The second-order valence-corrected chi connectivity index (χ2v) is 8.78. The number of piperazine rings is 1. The summed E-state index contributed by atoms with van der Waals surface area (Å²) >= 11 is 1.66. The van der Waals surface area contributed by atoms with Crippen molar-refractivity contribution < 1.29 is 9.66 Å². The van der Waals surface area contributed by atoms with E-state index < -0.39 is 0 Å². The zero-order valence-electron chi connectivity index (χ0n) is 18.2. The van der Waals surface area contributed by atoms with Crippen molar-refractivity contribution in [2.24, 2.45) is 0 Å². The molecule has 0 N–H and O–H groups in total. The van der Waals surface area contributed by atoms with Crippen LogP contribution in [0.25, 0.3) is 21.3 Å². The number of pyridine rings is 1. The number of fused-ring (bicyclic) bond motifs is 1. The van der Waals surface area contributed by atoms with Gasteiger partial charge < -0.3 is 9.64 Å². The van der Waals surface area contributed by atoms with Crippen molar-refractivity contribution in [2.75, 3.05) is 38.2 Å². The number of nitrogens with zero attached hydrogens (tertiary/aromatic N) is 5. The molecule has 0 amide bonds. The third-order valence-electron chi connectivity index (χ3n) is 5.96. The van der Waals surface area contributed by atoms with Crippen molar-refractivity contribution in [3.8, 4) is 16.3 Å². The molecule has 0 saturated carbocycles. The van der Waals surface area contributed by atoms with E-state index in [9.17, 15) is 10.1 Å². The number of hydrogen-bond donors (Lipinski definition) is 0. The van der Waals surface area contributed by atoms with Gasteiger partial charge in [0.1, 0.15) is 10.8 Å². The molecule has 3 heterocycles. The van der Waals surface area contributed by atoms with Crippen molar-refractivity contribution in [1.29, 1.82) is 0 Å².